The van der Waals surface area contributed by atoms with Gasteiger partial charge in [-0.2, -0.15) is 0 Å². The SMILES string of the molecule is CC1CC(CCOC=O)=NO1. The number of rotatable bonds is 4. The maximum absolute atomic E-state index is 9.75. The van der Waals surface area contributed by atoms with Crippen molar-refractivity contribution < 1.29 is 14.4 Å². The minimum atomic E-state index is 0.182. The average molecular weight is 157 g/mol. The zero-order chi connectivity index (χ0) is 8.10. The van der Waals surface area contributed by atoms with Gasteiger partial charge in [0.15, 0.2) is 0 Å². The first-order valence-electron chi connectivity index (χ1n) is 3.59. The summed E-state index contributed by atoms with van der Waals surface area (Å²) in [5, 5.41) is 3.81. The molecule has 0 fully saturated rings. The first-order valence-corrected chi connectivity index (χ1v) is 3.59. The molecule has 0 spiro atoms. The van der Waals surface area contributed by atoms with Gasteiger partial charge in [0, 0.05) is 12.8 Å². The molecule has 0 aromatic rings. The summed E-state index contributed by atoms with van der Waals surface area (Å²) in [7, 11) is 0. The molecule has 0 amide bonds. The van der Waals surface area contributed by atoms with E-state index in [0.717, 1.165) is 12.1 Å². The van der Waals surface area contributed by atoms with E-state index in [0.29, 0.717) is 19.5 Å². The van der Waals surface area contributed by atoms with Crippen LogP contribution >= 0.6 is 0 Å². The summed E-state index contributed by atoms with van der Waals surface area (Å²) in [4.78, 5) is 14.7. The average Bonchev–Trinajstić information content (AvgIpc) is 2.37. The van der Waals surface area contributed by atoms with Gasteiger partial charge < -0.3 is 9.57 Å². The molecule has 4 nitrogen and oxygen atoms in total. The third kappa shape index (κ3) is 2.57. The highest BCUT2D eigenvalue weighted by molar-refractivity contribution is 5.85. The van der Waals surface area contributed by atoms with Gasteiger partial charge in [-0.1, -0.05) is 5.16 Å². The first kappa shape index (κ1) is 8.04. The molecule has 0 bridgehead atoms. The lowest BCUT2D eigenvalue weighted by molar-refractivity contribution is -0.128. The summed E-state index contributed by atoms with van der Waals surface area (Å²) >= 11 is 0. The Morgan fingerprint density at radius 1 is 1.91 bits per heavy atom. The van der Waals surface area contributed by atoms with Gasteiger partial charge in [0.2, 0.25) is 0 Å². The molecule has 1 aliphatic heterocycles. The van der Waals surface area contributed by atoms with E-state index in [9.17, 15) is 4.79 Å². The fourth-order valence-corrected chi connectivity index (χ4v) is 0.943. The van der Waals surface area contributed by atoms with Gasteiger partial charge in [0.1, 0.15) is 6.10 Å². The van der Waals surface area contributed by atoms with Gasteiger partial charge in [-0.3, -0.25) is 4.79 Å². The fraction of sp³-hybridized carbons (Fsp3) is 0.714. The van der Waals surface area contributed by atoms with Crippen molar-refractivity contribution in [2.75, 3.05) is 6.61 Å². The minimum absolute atomic E-state index is 0.182. The Kier molecular flexibility index (Phi) is 2.89. The van der Waals surface area contributed by atoms with Crippen LogP contribution in [0.25, 0.3) is 0 Å². The van der Waals surface area contributed by atoms with Gasteiger partial charge in [0.25, 0.3) is 6.47 Å². The van der Waals surface area contributed by atoms with Crippen LogP contribution < -0.4 is 0 Å². The van der Waals surface area contributed by atoms with E-state index >= 15 is 0 Å². The van der Waals surface area contributed by atoms with Crippen LogP contribution in [0.5, 0.6) is 0 Å². The van der Waals surface area contributed by atoms with E-state index in [-0.39, 0.29) is 6.10 Å². The van der Waals surface area contributed by atoms with Crippen molar-refractivity contribution in [1.29, 1.82) is 0 Å². The summed E-state index contributed by atoms with van der Waals surface area (Å²) in [5.41, 5.74) is 0.972. The van der Waals surface area contributed by atoms with Crippen molar-refractivity contribution in [2.45, 2.75) is 25.9 Å². The molecule has 0 saturated heterocycles. The van der Waals surface area contributed by atoms with Crippen LogP contribution in [0, 0.1) is 0 Å². The van der Waals surface area contributed by atoms with Crippen molar-refractivity contribution in [3.63, 3.8) is 0 Å². The summed E-state index contributed by atoms with van der Waals surface area (Å²) in [6.45, 7) is 2.80. The number of carbonyl (C=O) groups excluding carboxylic acids is 1. The molecule has 0 N–H and O–H groups in total. The van der Waals surface area contributed by atoms with Crippen molar-refractivity contribution in [3.05, 3.63) is 0 Å². The Hall–Kier alpha value is -1.06. The molecular weight excluding hydrogens is 146 g/mol. The molecule has 1 rings (SSSR count). The highest BCUT2D eigenvalue weighted by atomic mass is 16.6. The number of oxime groups is 1. The minimum Gasteiger partial charge on any atom is -0.467 e. The zero-order valence-electron chi connectivity index (χ0n) is 6.45. The highest BCUT2D eigenvalue weighted by Crippen LogP contribution is 2.11. The van der Waals surface area contributed by atoms with Gasteiger partial charge in [-0.25, -0.2) is 0 Å². The van der Waals surface area contributed by atoms with E-state index in [1.807, 2.05) is 6.92 Å². The summed E-state index contributed by atoms with van der Waals surface area (Å²) in [5.74, 6) is 0. The Bertz CT molecular complexity index is 167. The monoisotopic (exact) mass is 157 g/mol. The quantitative estimate of drug-likeness (QED) is 0.446. The number of hydrogen-bond acceptors (Lipinski definition) is 4. The number of ether oxygens (including phenoxy) is 1. The molecule has 0 aromatic carbocycles. The van der Waals surface area contributed by atoms with Gasteiger partial charge in [-0.15, -0.1) is 0 Å². The van der Waals surface area contributed by atoms with Crippen LogP contribution in [-0.4, -0.2) is 24.9 Å². The van der Waals surface area contributed by atoms with Crippen LogP contribution in [-0.2, 0) is 14.4 Å². The smallest absolute Gasteiger partial charge is 0.293 e. The molecule has 1 heterocycles. The Labute approximate surface area is 65.2 Å². The molecular formula is C7H11NO3. The molecule has 0 aromatic heterocycles. The molecule has 0 radical (unpaired) electrons. The maximum Gasteiger partial charge on any atom is 0.293 e. The normalized spacial score (nSPS) is 22.3. The van der Waals surface area contributed by atoms with Crippen molar-refractivity contribution >= 4 is 12.2 Å². The summed E-state index contributed by atoms with van der Waals surface area (Å²) < 4.78 is 4.51. The van der Waals surface area contributed by atoms with Crippen molar-refractivity contribution in [2.24, 2.45) is 5.16 Å². The fourth-order valence-electron chi connectivity index (χ4n) is 0.943. The molecule has 1 atom stereocenters. The van der Waals surface area contributed by atoms with E-state index in [1.165, 1.54) is 0 Å². The second-order valence-electron chi connectivity index (χ2n) is 2.49. The summed E-state index contributed by atoms with van der Waals surface area (Å²) in [6, 6.07) is 0. The molecule has 0 saturated carbocycles. The standard InChI is InChI=1S/C7H11NO3/c1-6-4-7(8-11-6)2-3-10-5-9/h5-6H,2-4H2,1H3. The van der Waals surface area contributed by atoms with E-state index < -0.39 is 0 Å². The second kappa shape index (κ2) is 3.95. The maximum atomic E-state index is 9.75. The molecule has 11 heavy (non-hydrogen) atoms. The lowest BCUT2D eigenvalue weighted by Crippen LogP contribution is -2.04. The molecule has 62 valence electrons. The predicted octanol–water partition coefficient (Wildman–Crippen LogP) is 0.714. The lowest BCUT2D eigenvalue weighted by atomic mass is 10.1. The predicted molar refractivity (Wildman–Crippen MR) is 39.2 cm³/mol. The second-order valence-corrected chi connectivity index (χ2v) is 2.49. The molecule has 1 unspecified atom stereocenters. The van der Waals surface area contributed by atoms with E-state index in [1.54, 1.807) is 0 Å². The molecule has 1 aliphatic rings. The third-order valence-electron chi connectivity index (χ3n) is 1.46. The Morgan fingerprint density at radius 2 is 2.73 bits per heavy atom. The van der Waals surface area contributed by atoms with Gasteiger partial charge in [0.05, 0.1) is 12.3 Å². The van der Waals surface area contributed by atoms with E-state index in [4.69, 9.17) is 4.84 Å². The summed E-state index contributed by atoms with van der Waals surface area (Å²) in [6.07, 6.45) is 1.71. The largest absolute Gasteiger partial charge is 0.467 e. The van der Waals surface area contributed by atoms with Crippen LogP contribution in [0.2, 0.25) is 0 Å². The van der Waals surface area contributed by atoms with Gasteiger partial charge in [-0.05, 0) is 6.92 Å². The Balaban J connectivity index is 2.12. The molecule has 4 heteroatoms. The van der Waals surface area contributed by atoms with Crippen LogP contribution in [0.4, 0.5) is 0 Å². The zero-order valence-corrected chi connectivity index (χ0v) is 6.45. The first-order chi connectivity index (χ1) is 5.33. The topological polar surface area (TPSA) is 47.9 Å². The van der Waals surface area contributed by atoms with Crippen LogP contribution in [0.15, 0.2) is 5.16 Å². The van der Waals surface area contributed by atoms with E-state index in [2.05, 4.69) is 9.89 Å². The van der Waals surface area contributed by atoms with Crippen molar-refractivity contribution in [1.82, 2.24) is 0 Å². The lowest BCUT2D eigenvalue weighted by Gasteiger charge is -1.96. The molecule has 0 aliphatic carbocycles. The Morgan fingerprint density at radius 3 is 3.27 bits per heavy atom. The van der Waals surface area contributed by atoms with Gasteiger partial charge >= 0.3 is 0 Å². The van der Waals surface area contributed by atoms with Crippen LogP contribution in [0.1, 0.15) is 19.8 Å². The third-order valence-corrected chi connectivity index (χ3v) is 1.46. The van der Waals surface area contributed by atoms with Crippen LogP contribution in [0.3, 0.4) is 0 Å². The van der Waals surface area contributed by atoms with Crippen molar-refractivity contribution in [3.8, 4) is 0 Å². The highest BCUT2D eigenvalue weighted by Gasteiger charge is 2.15. The number of hydrogen-bond donors (Lipinski definition) is 0. The number of carbonyl (C=O) groups is 1. The number of nitrogens with zero attached hydrogens (tertiary/aromatic N) is 1.